The summed E-state index contributed by atoms with van der Waals surface area (Å²) in [5, 5.41) is 0. The molecule has 0 aliphatic rings. The van der Waals surface area contributed by atoms with Gasteiger partial charge in [-0.1, -0.05) is 37.6 Å². The summed E-state index contributed by atoms with van der Waals surface area (Å²) in [7, 11) is 0. The lowest BCUT2D eigenvalue weighted by Crippen LogP contribution is -2.00. The smallest absolute Gasteiger partial charge is 0.00773 e. The van der Waals surface area contributed by atoms with E-state index in [4.69, 9.17) is 11.5 Å². The maximum absolute atomic E-state index is 5.28. The van der Waals surface area contributed by atoms with E-state index in [1.807, 2.05) is 6.92 Å². The minimum Gasteiger partial charge on any atom is -0.330 e. The van der Waals surface area contributed by atoms with E-state index < -0.39 is 0 Å². The Morgan fingerprint density at radius 3 is 1.54 bits per heavy atom. The average Bonchev–Trinajstić information content (AvgIpc) is 2.14. The van der Waals surface area contributed by atoms with Crippen LogP contribution >= 0.6 is 0 Å². The Bertz CT molecular complexity index is 113. The maximum atomic E-state index is 5.28. The number of rotatable bonds is 6. The van der Waals surface area contributed by atoms with E-state index in [0.717, 1.165) is 31.5 Å². The van der Waals surface area contributed by atoms with Gasteiger partial charge in [-0.05, 0) is 32.9 Å². The molecule has 4 N–H and O–H groups in total. The quantitative estimate of drug-likeness (QED) is 0.491. The van der Waals surface area contributed by atoms with Crippen molar-refractivity contribution in [2.75, 3.05) is 13.1 Å². The van der Waals surface area contributed by atoms with E-state index in [2.05, 4.69) is 13.2 Å². The van der Waals surface area contributed by atoms with Crippen molar-refractivity contribution in [2.24, 2.45) is 11.5 Å². The molecule has 0 rings (SSSR count). The van der Waals surface area contributed by atoms with E-state index in [0.29, 0.717) is 0 Å². The number of hydrogen-bond acceptors (Lipinski definition) is 2. The fourth-order valence-electron chi connectivity index (χ4n) is 0.642. The van der Waals surface area contributed by atoms with Gasteiger partial charge in [0.2, 0.25) is 0 Å². The molecule has 13 heavy (non-hydrogen) atoms. The Balaban J connectivity index is 0. The maximum Gasteiger partial charge on any atom is -0.00773 e. The van der Waals surface area contributed by atoms with Crippen LogP contribution in [-0.4, -0.2) is 13.1 Å². The zero-order valence-corrected chi connectivity index (χ0v) is 8.89. The standard InChI is InChI=1S/C6H16N2.C5H8/c7-5-3-1-2-4-6-8;1-4-5(2)3/h1-8H2;4H,1-2H2,3H3. The molecule has 0 saturated carbocycles. The minimum atomic E-state index is 0.824. The molecule has 0 aromatic heterocycles. The third-order valence-corrected chi connectivity index (χ3v) is 1.51. The average molecular weight is 184 g/mol. The van der Waals surface area contributed by atoms with Gasteiger partial charge in [0.1, 0.15) is 0 Å². The number of nitrogens with two attached hydrogens (primary N) is 2. The SMILES string of the molecule is C=CC(=C)C.NCCCCCCN. The molecule has 0 aliphatic heterocycles. The van der Waals surface area contributed by atoms with E-state index in [-0.39, 0.29) is 0 Å². The first-order chi connectivity index (χ1) is 6.18. The van der Waals surface area contributed by atoms with Crippen LogP contribution in [0.15, 0.2) is 24.8 Å². The number of unbranched alkanes of at least 4 members (excludes halogenated alkanes) is 3. The first-order valence-electron chi connectivity index (χ1n) is 4.87. The van der Waals surface area contributed by atoms with Crippen molar-refractivity contribution in [1.29, 1.82) is 0 Å². The van der Waals surface area contributed by atoms with Crippen LogP contribution in [0, 0.1) is 0 Å². The molecule has 78 valence electrons. The molecule has 0 heterocycles. The highest BCUT2D eigenvalue weighted by molar-refractivity contribution is 5.05. The summed E-state index contributed by atoms with van der Waals surface area (Å²) in [6.07, 6.45) is 6.52. The van der Waals surface area contributed by atoms with Crippen molar-refractivity contribution in [3.63, 3.8) is 0 Å². The van der Waals surface area contributed by atoms with Crippen LogP contribution in [0.25, 0.3) is 0 Å². The number of allylic oxidation sites excluding steroid dienone is 2. The van der Waals surface area contributed by atoms with E-state index in [9.17, 15) is 0 Å². The summed E-state index contributed by atoms with van der Waals surface area (Å²) >= 11 is 0. The Labute approximate surface area is 82.7 Å². The molecule has 0 fully saturated rings. The minimum absolute atomic E-state index is 0.824. The predicted molar refractivity (Wildman–Crippen MR) is 61.6 cm³/mol. The second kappa shape index (κ2) is 14.0. The van der Waals surface area contributed by atoms with Gasteiger partial charge in [-0.15, -0.1) is 0 Å². The summed E-state index contributed by atoms with van der Waals surface area (Å²) in [4.78, 5) is 0. The molecular weight excluding hydrogens is 160 g/mol. The van der Waals surface area contributed by atoms with Gasteiger partial charge < -0.3 is 11.5 Å². The van der Waals surface area contributed by atoms with Gasteiger partial charge in [0.15, 0.2) is 0 Å². The predicted octanol–water partition coefficient (Wildman–Crippen LogP) is 2.21. The third-order valence-electron chi connectivity index (χ3n) is 1.51. The topological polar surface area (TPSA) is 52.0 Å². The third kappa shape index (κ3) is 24.6. The van der Waals surface area contributed by atoms with Crippen molar-refractivity contribution in [3.8, 4) is 0 Å². The van der Waals surface area contributed by atoms with Crippen LogP contribution in [-0.2, 0) is 0 Å². The fraction of sp³-hybridized carbons (Fsp3) is 0.636. The van der Waals surface area contributed by atoms with Crippen LogP contribution in [0.3, 0.4) is 0 Å². The van der Waals surface area contributed by atoms with Gasteiger partial charge in [-0.2, -0.15) is 0 Å². The van der Waals surface area contributed by atoms with Gasteiger partial charge in [0.05, 0.1) is 0 Å². The van der Waals surface area contributed by atoms with Crippen molar-refractivity contribution >= 4 is 0 Å². The van der Waals surface area contributed by atoms with Crippen LogP contribution in [0.5, 0.6) is 0 Å². The largest absolute Gasteiger partial charge is 0.330 e. The number of hydrogen-bond donors (Lipinski definition) is 2. The Morgan fingerprint density at radius 2 is 1.38 bits per heavy atom. The van der Waals surface area contributed by atoms with Crippen molar-refractivity contribution in [2.45, 2.75) is 32.6 Å². The van der Waals surface area contributed by atoms with Gasteiger partial charge in [0, 0.05) is 0 Å². The van der Waals surface area contributed by atoms with Crippen LogP contribution in [0.4, 0.5) is 0 Å². The lowest BCUT2D eigenvalue weighted by Gasteiger charge is -1.94. The highest BCUT2D eigenvalue weighted by Gasteiger charge is 1.83. The van der Waals surface area contributed by atoms with E-state index in [1.54, 1.807) is 6.08 Å². The highest BCUT2D eigenvalue weighted by Crippen LogP contribution is 1.95. The Morgan fingerprint density at radius 1 is 1.08 bits per heavy atom. The molecule has 0 bridgehead atoms. The second-order valence-corrected chi connectivity index (χ2v) is 3.04. The summed E-state index contributed by atoms with van der Waals surface area (Å²) in [6.45, 7) is 10.6. The monoisotopic (exact) mass is 184 g/mol. The lowest BCUT2D eigenvalue weighted by atomic mass is 10.2. The Kier molecular flexibility index (Phi) is 16.0. The van der Waals surface area contributed by atoms with Gasteiger partial charge in [0.25, 0.3) is 0 Å². The summed E-state index contributed by atoms with van der Waals surface area (Å²) in [5.41, 5.74) is 11.6. The Hall–Kier alpha value is -0.600. The van der Waals surface area contributed by atoms with E-state index >= 15 is 0 Å². The lowest BCUT2D eigenvalue weighted by molar-refractivity contribution is 0.653. The normalized spacial score (nSPS) is 8.54. The first-order valence-corrected chi connectivity index (χ1v) is 4.87. The molecule has 2 nitrogen and oxygen atoms in total. The van der Waals surface area contributed by atoms with Crippen molar-refractivity contribution in [1.82, 2.24) is 0 Å². The van der Waals surface area contributed by atoms with Crippen LogP contribution < -0.4 is 11.5 Å². The van der Waals surface area contributed by atoms with Crippen molar-refractivity contribution in [3.05, 3.63) is 24.8 Å². The molecule has 0 radical (unpaired) electrons. The zero-order chi connectivity index (χ0) is 10.5. The highest BCUT2D eigenvalue weighted by atomic mass is 14.5. The zero-order valence-electron chi connectivity index (χ0n) is 8.89. The second-order valence-electron chi connectivity index (χ2n) is 3.04. The molecule has 0 aromatic carbocycles. The van der Waals surface area contributed by atoms with Crippen LogP contribution in [0.2, 0.25) is 0 Å². The summed E-state index contributed by atoms with van der Waals surface area (Å²) in [5.74, 6) is 0. The molecule has 0 aromatic rings. The molecule has 0 aliphatic carbocycles. The molecule has 0 atom stereocenters. The fourth-order valence-corrected chi connectivity index (χ4v) is 0.642. The van der Waals surface area contributed by atoms with E-state index in [1.165, 1.54) is 12.8 Å². The molecule has 0 spiro atoms. The first kappa shape index (κ1) is 14.9. The van der Waals surface area contributed by atoms with Crippen molar-refractivity contribution < 1.29 is 0 Å². The molecule has 0 saturated heterocycles. The summed E-state index contributed by atoms with van der Waals surface area (Å²) in [6, 6.07) is 0. The van der Waals surface area contributed by atoms with Gasteiger partial charge in [-0.3, -0.25) is 0 Å². The van der Waals surface area contributed by atoms with Gasteiger partial charge >= 0.3 is 0 Å². The summed E-state index contributed by atoms with van der Waals surface area (Å²) < 4.78 is 0. The molecule has 2 heteroatoms. The van der Waals surface area contributed by atoms with Crippen LogP contribution in [0.1, 0.15) is 32.6 Å². The molecule has 0 amide bonds. The van der Waals surface area contributed by atoms with Gasteiger partial charge in [-0.25, -0.2) is 0 Å². The molecular formula is C11H24N2. The molecule has 0 unspecified atom stereocenters.